The first-order chi connectivity index (χ1) is 6.45. The van der Waals surface area contributed by atoms with E-state index in [1.807, 2.05) is 0 Å². The van der Waals surface area contributed by atoms with Gasteiger partial charge < -0.3 is 5.11 Å². The van der Waals surface area contributed by atoms with Gasteiger partial charge in [-0.3, -0.25) is 4.98 Å². The second-order valence-corrected chi connectivity index (χ2v) is 2.59. The van der Waals surface area contributed by atoms with E-state index in [1.54, 1.807) is 0 Å². The highest BCUT2D eigenvalue weighted by Gasteiger charge is 2.25. The van der Waals surface area contributed by atoms with Gasteiger partial charge in [-0.25, -0.2) is 18.0 Å². The van der Waals surface area contributed by atoms with Gasteiger partial charge >= 0.3 is 5.97 Å². The number of rotatable bonds is 2. The minimum Gasteiger partial charge on any atom is -0.478 e. The summed E-state index contributed by atoms with van der Waals surface area (Å²) in [7, 11) is 0. The molecule has 0 aliphatic rings. The first-order valence-corrected chi connectivity index (χ1v) is 3.61. The van der Waals surface area contributed by atoms with E-state index in [0.29, 0.717) is 6.20 Å². The van der Waals surface area contributed by atoms with E-state index in [1.165, 1.54) is 6.92 Å². The zero-order valence-corrected chi connectivity index (χ0v) is 7.09. The van der Waals surface area contributed by atoms with Crippen LogP contribution in [0.5, 0.6) is 0 Å². The maximum Gasteiger partial charge on any atom is 0.338 e. The Balaban J connectivity index is 3.50. The van der Waals surface area contributed by atoms with Gasteiger partial charge in [-0.15, -0.1) is 0 Å². The van der Waals surface area contributed by atoms with Crippen molar-refractivity contribution in [2.75, 3.05) is 0 Å². The lowest BCUT2D eigenvalue weighted by Crippen LogP contribution is -2.09. The normalized spacial score (nSPS) is 10.6. The van der Waals surface area contributed by atoms with Crippen molar-refractivity contribution in [2.45, 2.75) is 13.3 Å². The van der Waals surface area contributed by atoms with Crippen LogP contribution in [-0.4, -0.2) is 16.1 Å². The first-order valence-electron chi connectivity index (χ1n) is 3.61. The number of halogens is 3. The second kappa shape index (κ2) is 3.65. The van der Waals surface area contributed by atoms with E-state index < -0.39 is 29.3 Å². The Morgan fingerprint density at radius 1 is 1.57 bits per heavy atom. The van der Waals surface area contributed by atoms with Crippen LogP contribution >= 0.6 is 0 Å². The molecule has 0 fully saturated rings. The topological polar surface area (TPSA) is 50.2 Å². The molecule has 0 aliphatic heterocycles. The van der Waals surface area contributed by atoms with Gasteiger partial charge in [-0.1, -0.05) is 0 Å². The first kappa shape index (κ1) is 10.5. The number of nitrogens with zero attached hydrogens (tertiary/aromatic N) is 1. The monoisotopic (exact) mass is 205 g/mol. The fourth-order valence-electron chi connectivity index (χ4n) is 1.09. The van der Waals surface area contributed by atoms with Gasteiger partial charge in [0.15, 0.2) is 5.82 Å². The number of pyridine rings is 1. The number of aromatic nitrogens is 1. The lowest BCUT2D eigenvalue weighted by Gasteiger charge is -2.07. The van der Waals surface area contributed by atoms with E-state index in [0.717, 1.165) is 0 Å². The van der Waals surface area contributed by atoms with Crippen molar-refractivity contribution in [3.05, 3.63) is 28.8 Å². The Morgan fingerprint density at radius 3 is 2.50 bits per heavy atom. The molecule has 1 heterocycles. The minimum absolute atomic E-state index is 0.130. The van der Waals surface area contributed by atoms with Crippen LogP contribution in [0.15, 0.2) is 6.20 Å². The quantitative estimate of drug-likeness (QED) is 0.804. The van der Waals surface area contributed by atoms with E-state index in [9.17, 15) is 18.0 Å². The molecule has 1 N–H and O–H groups in total. The van der Waals surface area contributed by atoms with E-state index >= 15 is 0 Å². The van der Waals surface area contributed by atoms with Crippen LogP contribution in [-0.2, 0) is 0 Å². The molecule has 1 aromatic heterocycles. The van der Waals surface area contributed by atoms with E-state index in [4.69, 9.17) is 5.11 Å². The molecule has 1 aromatic rings. The summed E-state index contributed by atoms with van der Waals surface area (Å²) in [6.07, 6.45) is -2.58. The van der Waals surface area contributed by atoms with Crippen LogP contribution in [0.25, 0.3) is 0 Å². The minimum atomic E-state index is -3.16. The largest absolute Gasteiger partial charge is 0.478 e. The summed E-state index contributed by atoms with van der Waals surface area (Å²) in [4.78, 5) is 13.9. The van der Waals surface area contributed by atoms with Crippen molar-refractivity contribution in [3.63, 3.8) is 0 Å². The average molecular weight is 205 g/mol. The van der Waals surface area contributed by atoms with Crippen molar-refractivity contribution in [3.8, 4) is 0 Å². The molecule has 0 bridgehead atoms. The summed E-state index contributed by atoms with van der Waals surface area (Å²) in [5, 5.41) is 8.58. The molecule has 1 rings (SSSR count). The molecule has 6 heteroatoms. The zero-order valence-electron chi connectivity index (χ0n) is 7.09. The molecule has 76 valence electrons. The van der Waals surface area contributed by atoms with E-state index in [2.05, 4.69) is 4.98 Å². The summed E-state index contributed by atoms with van der Waals surface area (Å²) in [5.74, 6) is -2.91. The highest BCUT2D eigenvalue weighted by molar-refractivity contribution is 5.90. The summed E-state index contributed by atoms with van der Waals surface area (Å²) in [5.41, 5.74) is -2.00. The summed E-state index contributed by atoms with van der Waals surface area (Å²) >= 11 is 0. The summed E-state index contributed by atoms with van der Waals surface area (Å²) in [6, 6.07) is 0. The van der Waals surface area contributed by atoms with Crippen molar-refractivity contribution in [2.24, 2.45) is 0 Å². The molecule has 0 spiro atoms. The number of carboxylic acids is 1. The predicted octanol–water partition coefficient (Wildman–Crippen LogP) is 2.16. The number of hydrogen-bond donors (Lipinski definition) is 1. The van der Waals surface area contributed by atoms with Gasteiger partial charge in [0.1, 0.15) is 0 Å². The third-order valence-corrected chi connectivity index (χ3v) is 1.69. The van der Waals surface area contributed by atoms with Crippen molar-refractivity contribution < 1.29 is 23.1 Å². The van der Waals surface area contributed by atoms with Crippen molar-refractivity contribution >= 4 is 5.97 Å². The Kier molecular flexibility index (Phi) is 2.73. The zero-order chi connectivity index (χ0) is 10.9. The van der Waals surface area contributed by atoms with Crippen LogP contribution in [0, 0.1) is 12.7 Å². The molecule has 0 atom stereocenters. The molecular formula is C8H6F3NO2. The lowest BCUT2D eigenvalue weighted by molar-refractivity contribution is 0.0680. The van der Waals surface area contributed by atoms with Crippen LogP contribution in [0.4, 0.5) is 13.2 Å². The van der Waals surface area contributed by atoms with Crippen LogP contribution < -0.4 is 0 Å². The Bertz CT molecular complexity index is 379. The fraction of sp³-hybridized carbons (Fsp3) is 0.250. The number of carbonyl (C=O) groups is 1. The third kappa shape index (κ3) is 1.68. The number of aryl methyl sites for hydroxylation is 1. The standard InChI is InChI=1S/C8H6F3NO2/c1-3-5(8(13)14)6(7(10)11)4(9)2-12-3/h2,7H,1H3,(H,13,14). The second-order valence-electron chi connectivity index (χ2n) is 2.59. The number of aromatic carboxylic acids is 1. The molecule has 0 saturated heterocycles. The van der Waals surface area contributed by atoms with Gasteiger partial charge in [-0.05, 0) is 6.92 Å². The number of carboxylic acid groups (broad SMARTS) is 1. The SMILES string of the molecule is Cc1ncc(F)c(C(F)F)c1C(=O)O. The number of hydrogen-bond acceptors (Lipinski definition) is 2. The molecule has 0 unspecified atom stereocenters. The summed E-state index contributed by atoms with van der Waals surface area (Å²) in [6.45, 7) is 1.23. The Labute approximate surface area is 77.2 Å². The smallest absolute Gasteiger partial charge is 0.338 e. The molecule has 3 nitrogen and oxygen atoms in total. The van der Waals surface area contributed by atoms with Crippen LogP contribution in [0.1, 0.15) is 28.0 Å². The van der Waals surface area contributed by atoms with Crippen LogP contribution in [0.2, 0.25) is 0 Å². The fourth-order valence-corrected chi connectivity index (χ4v) is 1.09. The van der Waals surface area contributed by atoms with Gasteiger partial charge in [0.25, 0.3) is 6.43 Å². The highest BCUT2D eigenvalue weighted by Crippen LogP contribution is 2.26. The van der Waals surface area contributed by atoms with Gasteiger partial charge in [0, 0.05) is 0 Å². The number of alkyl halides is 2. The molecular weight excluding hydrogens is 199 g/mol. The molecule has 14 heavy (non-hydrogen) atoms. The lowest BCUT2D eigenvalue weighted by atomic mass is 10.1. The third-order valence-electron chi connectivity index (χ3n) is 1.69. The Morgan fingerprint density at radius 2 is 2.14 bits per heavy atom. The molecule has 0 saturated carbocycles. The van der Waals surface area contributed by atoms with Gasteiger partial charge in [-0.2, -0.15) is 0 Å². The Hall–Kier alpha value is -1.59. The van der Waals surface area contributed by atoms with Crippen LogP contribution in [0.3, 0.4) is 0 Å². The molecule has 0 radical (unpaired) electrons. The van der Waals surface area contributed by atoms with E-state index in [-0.39, 0.29) is 5.69 Å². The van der Waals surface area contributed by atoms with Crippen molar-refractivity contribution in [1.29, 1.82) is 0 Å². The molecule has 0 amide bonds. The summed E-state index contributed by atoms with van der Waals surface area (Å²) < 4.78 is 37.4. The maximum absolute atomic E-state index is 12.8. The highest BCUT2D eigenvalue weighted by atomic mass is 19.3. The van der Waals surface area contributed by atoms with Gasteiger partial charge in [0.05, 0.1) is 23.0 Å². The molecule has 0 aromatic carbocycles. The predicted molar refractivity (Wildman–Crippen MR) is 40.8 cm³/mol. The average Bonchev–Trinajstić information content (AvgIpc) is 2.07. The molecule has 0 aliphatic carbocycles. The van der Waals surface area contributed by atoms with Crippen molar-refractivity contribution in [1.82, 2.24) is 4.98 Å². The maximum atomic E-state index is 12.8. The van der Waals surface area contributed by atoms with Gasteiger partial charge in [0.2, 0.25) is 0 Å².